The molecule has 7 nitrogen and oxygen atoms in total. The van der Waals surface area contributed by atoms with Gasteiger partial charge in [-0.25, -0.2) is 4.79 Å². The van der Waals surface area contributed by atoms with Crippen LogP contribution in [0.25, 0.3) is 0 Å². The summed E-state index contributed by atoms with van der Waals surface area (Å²) >= 11 is 0. The fourth-order valence-electron chi connectivity index (χ4n) is 2.36. The minimum absolute atomic E-state index is 0.00403. The third-order valence-corrected chi connectivity index (χ3v) is 3.18. The quantitative estimate of drug-likeness (QED) is 0.663. The van der Waals surface area contributed by atoms with Crippen LogP contribution in [0.15, 0.2) is 0 Å². The Kier molecular flexibility index (Phi) is 6.27. The standard InChI is InChI=1S/C13H23N3O4/c1-9(2)15-11(17)7-14-13(20)16(8-12(18)19)10-5-3-4-6-10/h9-10H,3-8H2,1-2H3,(H,14,20)(H,15,17)(H,18,19). The van der Waals surface area contributed by atoms with Crippen LogP contribution in [0.5, 0.6) is 0 Å². The second kappa shape index (κ2) is 7.72. The Morgan fingerprint density at radius 1 is 1.25 bits per heavy atom. The van der Waals surface area contributed by atoms with Gasteiger partial charge in [0.2, 0.25) is 5.91 Å². The van der Waals surface area contributed by atoms with Gasteiger partial charge in [0.25, 0.3) is 0 Å². The summed E-state index contributed by atoms with van der Waals surface area (Å²) < 4.78 is 0. The first-order valence-corrected chi connectivity index (χ1v) is 6.95. The van der Waals surface area contributed by atoms with Crippen molar-refractivity contribution in [1.29, 1.82) is 0 Å². The topological polar surface area (TPSA) is 98.7 Å². The first-order chi connectivity index (χ1) is 9.40. The van der Waals surface area contributed by atoms with Crippen LogP contribution < -0.4 is 10.6 Å². The highest BCUT2D eigenvalue weighted by molar-refractivity contribution is 5.85. The highest BCUT2D eigenvalue weighted by atomic mass is 16.4. The van der Waals surface area contributed by atoms with Crippen molar-refractivity contribution in [2.45, 2.75) is 51.6 Å². The first-order valence-electron chi connectivity index (χ1n) is 6.95. The number of urea groups is 1. The maximum absolute atomic E-state index is 12.0. The van der Waals surface area contributed by atoms with Crippen LogP contribution in [0.3, 0.4) is 0 Å². The molecule has 20 heavy (non-hydrogen) atoms. The molecule has 0 spiro atoms. The number of carboxylic acids is 1. The fourth-order valence-corrected chi connectivity index (χ4v) is 2.36. The molecule has 0 heterocycles. The molecule has 1 aliphatic carbocycles. The van der Waals surface area contributed by atoms with Crippen LogP contribution in [-0.4, -0.2) is 53.1 Å². The third kappa shape index (κ3) is 5.46. The van der Waals surface area contributed by atoms with Crippen molar-refractivity contribution in [1.82, 2.24) is 15.5 Å². The molecule has 0 aromatic carbocycles. The highest BCUT2D eigenvalue weighted by Gasteiger charge is 2.28. The normalized spacial score (nSPS) is 15.2. The van der Waals surface area contributed by atoms with Crippen molar-refractivity contribution < 1.29 is 19.5 Å². The van der Waals surface area contributed by atoms with E-state index in [-0.39, 0.29) is 31.1 Å². The van der Waals surface area contributed by atoms with Crippen LogP contribution in [0, 0.1) is 0 Å². The zero-order chi connectivity index (χ0) is 15.1. The minimum atomic E-state index is -1.04. The molecule has 0 aromatic heterocycles. The minimum Gasteiger partial charge on any atom is -0.480 e. The zero-order valence-electron chi connectivity index (χ0n) is 12.0. The summed E-state index contributed by atoms with van der Waals surface area (Å²) in [6.07, 6.45) is 3.64. The van der Waals surface area contributed by atoms with E-state index in [9.17, 15) is 14.4 Å². The van der Waals surface area contributed by atoms with Crippen molar-refractivity contribution in [3.05, 3.63) is 0 Å². The van der Waals surface area contributed by atoms with Gasteiger partial charge in [-0.3, -0.25) is 9.59 Å². The number of hydrogen-bond donors (Lipinski definition) is 3. The molecule has 3 amide bonds. The fraction of sp³-hybridized carbons (Fsp3) is 0.769. The largest absolute Gasteiger partial charge is 0.480 e. The van der Waals surface area contributed by atoms with Crippen LogP contribution in [0.2, 0.25) is 0 Å². The average Bonchev–Trinajstić information content (AvgIpc) is 2.85. The number of nitrogens with one attached hydrogen (secondary N) is 2. The number of carbonyl (C=O) groups is 3. The van der Waals surface area contributed by atoms with Gasteiger partial charge < -0.3 is 20.6 Å². The maximum atomic E-state index is 12.0. The molecule has 3 N–H and O–H groups in total. The summed E-state index contributed by atoms with van der Waals surface area (Å²) in [5.74, 6) is -1.33. The average molecular weight is 285 g/mol. The highest BCUT2D eigenvalue weighted by Crippen LogP contribution is 2.23. The SMILES string of the molecule is CC(C)NC(=O)CNC(=O)N(CC(=O)O)C1CCCC1. The predicted octanol–water partition coefficient (Wildman–Crippen LogP) is 0.550. The lowest BCUT2D eigenvalue weighted by atomic mass is 10.2. The zero-order valence-corrected chi connectivity index (χ0v) is 12.0. The van der Waals surface area contributed by atoms with Gasteiger partial charge in [0, 0.05) is 12.1 Å². The maximum Gasteiger partial charge on any atom is 0.323 e. The molecule has 0 bridgehead atoms. The van der Waals surface area contributed by atoms with Gasteiger partial charge in [-0.15, -0.1) is 0 Å². The van der Waals surface area contributed by atoms with Gasteiger partial charge in [-0.05, 0) is 26.7 Å². The molecular weight excluding hydrogens is 262 g/mol. The number of rotatable bonds is 6. The summed E-state index contributed by atoms with van der Waals surface area (Å²) in [6, 6.07) is -0.526. The van der Waals surface area contributed by atoms with Crippen molar-refractivity contribution in [3.8, 4) is 0 Å². The van der Waals surface area contributed by atoms with E-state index < -0.39 is 12.0 Å². The molecule has 7 heteroatoms. The molecule has 0 aliphatic heterocycles. The van der Waals surface area contributed by atoms with E-state index in [1.807, 2.05) is 13.8 Å². The molecule has 1 saturated carbocycles. The van der Waals surface area contributed by atoms with E-state index in [0.29, 0.717) is 0 Å². The van der Waals surface area contributed by atoms with Gasteiger partial charge >= 0.3 is 12.0 Å². The molecule has 0 aromatic rings. The van der Waals surface area contributed by atoms with E-state index >= 15 is 0 Å². The molecule has 1 rings (SSSR count). The lowest BCUT2D eigenvalue weighted by molar-refractivity contribution is -0.138. The lowest BCUT2D eigenvalue weighted by Gasteiger charge is -2.27. The molecule has 114 valence electrons. The third-order valence-electron chi connectivity index (χ3n) is 3.18. The van der Waals surface area contributed by atoms with Crippen LogP contribution in [0.4, 0.5) is 4.79 Å². The van der Waals surface area contributed by atoms with Crippen molar-refractivity contribution >= 4 is 17.9 Å². The molecule has 1 aliphatic rings. The molecular formula is C13H23N3O4. The Labute approximate surface area is 118 Å². The summed E-state index contributed by atoms with van der Waals surface area (Å²) in [4.78, 5) is 35.7. The molecule has 0 atom stereocenters. The Morgan fingerprint density at radius 3 is 2.35 bits per heavy atom. The smallest absolute Gasteiger partial charge is 0.323 e. The first kappa shape index (κ1) is 16.3. The Balaban J connectivity index is 2.50. The van der Waals surface area contributed by atoms with Crippen LogP contribution in [-0.2, 0) is 9.59 Å². The lowest BCUT2D eigenvalue weighted by Crippen LogP contribution is -2.50. The van der Waals surface area contributed by atoms with E-state index in [0.717, 1.165) is 25.7 Å². The van der Waals surface area contributed by atoms with Gasteiger partial charge in [0.05, 0.1) is 6.54 Å². The van der Waals surface area contributed by atoms with E-state index in [1.54, 1.807) is 0 Å². The van der Waals surface area contributed by atoms with Gasteiger partial charge in [-0.1, -0.05) is 12.8 Å². The molecule has 0 unspecified atom stereocenters. The Hall–Kier alpha value is -1.79. The summed E-state index contributed by atoms with van der Waals surface area (Å²) in [5, 5.41) is 14.0. The molecule has 0 saturated heterocycles. The number of hydrogen-bond acceptors (Lipinski definition) is 3. The van der Waals surface area contributed by atoms with Gasteiger partial charge in [0.15, 0.2) is 0 Å². The number of aliphatic carboxylic acids is 1. The second-order valence-corrected chi connectivity index (χ2v) is 5.34. The Morgan fingerprint density at radius 2 is 1.85 bits per heavy atom. The summed E-state index contributed by atoms with van der Waals surface area (Å²) in [6.45, 7) is 3.19. The number of carbonyl (C=O) groups excluding carboxylic acids is 2. The monoisotopic (exact) mass is 285 g/mol. The van der Waals surface area contributed by atoms with E-state index in [1.165, 1.54) is 4.90 Å². The summed E-state index contributed by atoms with van der Waals surface area (Å²) in [5.41, 5.74) is 0. The number of carboxylic acid groups (broad SMARTS) is 1. The van der Waals surface area contributed by atoms with E-state index in [2.05, 4.69) is 10.6 Å². The van der Waals surface area contributed by atoms with Crippen molar-refractivity contribution in [2.75, 3.05) is 13.1 Å². The molecule has 1 fully saturated rings. The van der Waals surface area contributed by atoms with Crippen LogP contribution >= 0.6 is 0 Å². The number of nitrogens with zero attached hydrogens (tertiary/aromatic N) is 1. The molecule has 0 radical (unpaired) electrons. The van der Waals surface area contributed by atoms with Gasteiger partial charge in [0.1, 0.15) is 6.54 Å². The van der Waals surface area contributed by atoms with Gasteiger partial charge in [-0.2, -0.15) is 0 Å². The second-order valence-electron chi connectivity index (χ2n) is 5.34. The number of amides is 3. The van der Waals surface area contributed by atoms with Crippen molar-refractivity contribution in [3.63, 3.8) is 0 Å². The van der Waals surface area contributed by atoms with Crippen molar-refractivity contribution in [2.24, 2.45) is 0 Å². The summed E-state index contributed by atoms with van der Waals surface area (Å²) in [7, 11) is 0. The van der Waals surface area contributed by atoms with E-state index in [4.69, 9.17) is 5.11 Å². The van der Waals surface area contributed by atoms with Crippen LogP contribution in [0.1, 0.15) is 39.5 Å². The predicted molar refractivity (Wildman–Crippen MR) is 73.3 cm³/mol. The Bertz CT molecular complexity index is 365.